The van der Waals surface area contributed by atoms with E-state index in [0.29, 0.717) is 22.9 Å². The molecular weight excluding hydrogens is 402 g/mol. The van der Waals surface area contributed by atoms with Crippen LogP contribution in [-0.2, 0) is 19.9 Å². The average molecular weight is 422 g/mol. The van der Waals surface area contributed by atoms with Crippen LogP contribution in [0.5, 0.6) is 0 Å². The molecule has 7 heteroatoms. The first kappa shape index (κ1) is 18.1. The Hall–Kier alpha value is -2.70. The lowest BCUT2D eigenvalue weighted by atomic mass is 9.75. The van der Waals surface area contributed by atoms with Gasteiger partial charge in [0.25, 0.3) is 5.91 Å². The summed E-state index contributed by atoms with van der Waals surface area (Å²) in [5.74, 6) is -2.04. The van der Waals surface area contributed by atoms with Crippen LogP contribution in [0.3, 0.4) is 0 Å². The summed E-state index contributed by atoms with van der Waals surface area (Å²) >= 11 is 6.48. The summed E-state index contributed by atoms with van der Waals surface area (Å²) < 4.78 is 0. The minimum Gasteiger partial charge on any atom is -0.323 e. The van der Waals surface area contributed by atoms with Crippen molar-refractivity contribution in [2.45, 2.75) is 31.3 Å². The van der Waals surface area contributed by atoms with E-state index in [1.807, 2.05) is 37.3 Å². The van der Waals surface area contributed by atoms with Crippen molar-refractivity contribution in [3.63, 3.8) is 0 Å². The molecule has 0 unspecified atom stereocenters. The Morgan fingerprint density at radius 2 is 1.87 bits per heavy atom. The molecule has 3 saturated heterocycles. The number of fused-ring (bicyclic) bond motifs is 7. The molecular formula is C23H20ClN3O3. The number of aryl methyl sites for hydroxylation is 1. The SMILES string of the molecule is Cc1cc(Cl)c2c(c1)[C@]1(C(=O)N2)[C@@H]2C(=O)N(c3ccccc3)C(=O)[C@@H]2[C@@H]2CCCN21. The molecule has 3 fully saturated rings. The quantitative estimate of drug-likeness (QED) is 0.718. The zero-order chi connectivity index (χ0) is 20.8. The monoisotopic (exact) mass is 421 g/mol. The Kier molecular flexibility index (Phi) is 3.58. The van der Waals surface area contributed by atoms with Crippen LogP contribution in [-0.4, -0.2) is 35.2 Å². The molecule has 0 radical (unpaired) electrons. The van der Waals surface area contributed by atoms with Gasteiger partial charge in [-0.25, -0.2) is 4.90 Å². The minimum atomic E-state index is -1.19. The van der Waals surface area contributed by atoms with Gasteiger partial charge in [-0.1, -0.05) is 35.9 Å². The minimum absolute atomic E-state index is 0.129. The van der Waals surface area contributed by atoms with Crippen LogP contribution in [0.4, 0.5) is 11.4 Å². The van der Waals surface area contributed by atoms with Gasteiger partial charge in [0.05, 0.1) is 28.2 Å². The van der Waals surface area contributed by atoms with Crippen molar-refractivity contribution in [1.29, 1.82) is 0 Å². The third kappa shape index (κ3) is 1.96. The first-order valence-electron chi connectivity index (χ1n) is 10.3. The van der Waals surface area contributed by atoms with Gasteiger partial charge in [-0.15, -0.1) is 0 Å². The molecule has 30 heavy (non-hydrogen) atoms. The summed E-state index contributed by atoms with van der Waals surface area (Å²) in [6.45, 7) is 2.61. The second-order valence-electron chi connectivity index (χ2n) is 8.64. The predicted molar refractivity (Wildman–Crippen MR) is 112 cm³/mol. The summed E-state index contributed by atoms with van der Waals surface area (Å²) in [5, 5.41) is 3.41. The maximum Gasteiger partial charge on any atom is 0.250 e. The summed E-state index contributed by atoms with van der Waals surface area (Å²) in [6.07, 6.45) is 1.69. The van der Waals surface area contributed by atoms with Crippen molar-refractivity contribution in [2.24, 2.45) is 11.8 Å². The molecule has 0 aliphatic carbocycles. The fraction of sp³-hybridized carbons (Fsp3) is 0.348. The first-order valence-corrected chi connectivity index (χ1v) is 10.7. The van der Waals surface area contributed by atoms with E-state index < -0.39 is 17.4 Å². The molecule has 0 bridgehead atoms. The van der Waals surface area contributed by atoms with E-state index in [2.05, 4.69) is 10.2 Å². The maximum atomic E-state index is 13.8. The molecule has 4 heterocycles. The number of hydrogen-bond acceptors (Lipinski definition) is 4. The van der Waals surface area contributed by atoms with Crippen LogP contribution >= 0.6 is 11.6 Å². The highest BCUT2D eigenvalue weighted by atomic mass is 35.5. The number of benzene rings is 2. The highest BCUT2D eigenvalue weighted by Crippen LogP contribution is 2.61. The smallest absolute Gasteiger partial charge is 0.250 e. The second kappa shape index (κ2) is 5.93. The summed E-state index contributed by atoms with van der Waals surface area (Å²) in [7, 11) is 0. The number of carbonyl (C=O) groups excluding carboxylic acids is 3. The fourth-order valence-corrected chi connectivity index (χ4v) is 6.55. The second-order valence-corrected chi connectivity index (χ2v) is 9.05. The largest absolute Gasteiger partial charge is 0.323 e. The third-order valence-corrected chi connectivity index (χ3v) is 7.51. The van der Waals surface area contributed by atoms with E-state index in [-0.39, 0.29) is 23.8 Å². The Labute approximate surface area is 178 Å². The van der Waals surface area contributed by atoms with E-state index in [1.54, 1.807) is 12.1 Å². The van der Waals surface area contributed by atoms with E-state index in [0.717, 1.165) is 24.0 Å². The molecule has 6 rings (SSSR count). The molecule has 4 atom stereocenters. The number of para-hydroxylation sites is 1. The number of nitrogens with one attached hydrogen (secondary N) is 1. The van der Waals surface area contributed by atoms with Crippen molar-refractivity contribution >= 4 is 40.7 Å². The van der Waals surface area contributed by atoms with Gasteiger partial charge in [0.1, 0.15) is 5.54 Å². The number of anilines is 2. The Bertz CT molecular complexity index is 1130. The van der Waals surface area contributed by atoms with Crippen molar-refractivity contribution in [3.8, 4) is 0 Å². The predicted octanol–water partition coefficient (Wildman–Crippen LogP) is 3.08. The number of nitrogens with zero attached hydrogens (tertiary/aromatic N) is 2. The van der Waals surface area contributed by atoms with Crippen molar-refractivity contribution in [2.75, 3.05) is 16.8 Å². The number of halogens is 1. The van der Waals surface area contributed by atoms with Gasteiger partial charge in [-0.2, -0.15) is 0 Å². The molecule has 1 N–H and O–H groups in total. The molecule has 0 aromatic heterocycles. The molecule has 6 nitrogen and oxygen atoms in total. The summed E-state index contributed by atoms with van der Waals surface area (Å²) in [4.78, 5) is 44.3. The molecule has 1 spiro atoms. The molecule has 4 aliphatic rings. The number of carbonyl (C=O) groups is 3. The fourth-order valence-electron chi connectivity index (χ4n) is 6.23. The van der Waals surface area contributed by atoms with Gasteiger partial charge in [-0.3, -0.25) is 19.3 Å². The van der Waals surface area contributed by atoms with Crippen molar-refractivity contribution in [3.05, 3.63) is 58.6 Å². The summed E-state index contributed by atoms with van der Waals surface area (Å²) in [6, 6.07) is 12.6. The van der Waals surface area contributed by atoms with Gasteiger partial charge in [-0.05, 0) is 50.1 Å². The molecule has 152 valence electrons. The van der Waals surface area contributed by atoms with Gasteiger partial charge in [0.15, 0.2) is 0 Å². The van der Waals surface area contributed by atoms with Gasteiger partial charge >= 0.3 is 0 Å². The normalized spacial score (nSPS) is 32.0. The van der Waals surface area contributed by atoms with Gasteiger partial charge in [0, 0.05) is 11.6 Å². The Balaban J connectivity index is 1.59. The van der Waals surface area contributed by atoms with Crippen molar-refractivity contribution in [1.82, 2.24) is 4.90 Å². The van der Waals surface area contributed by atoms with Crippen LogP contribution in [0.25, 0.3) is 0 Å². The number of rotatable bonds is 1. The standard InChI is InChI=1S/C23H20ClN3O3/c1-12-10-14-19(15(24)11-12)25-22(30)23(14)18-17(16-8-5-9-26(16)23)20(28)27(21(18)29)13-6-3-2-4-7-13/h2-4,6-7,10-11,16-18H,5,8-9H2,1H3,(H,25,30)/t16-,17+,18-,23+/m0/s1. The van der Waals surface area contributed by atoms with Crippen molar-refractivity contribution < 1.29 is 14.4 Å². The topological polar surface area (TPSA) is 69.7 Å². The van der Waals surface area contributed by atoms with Crippen LogP contribution in [0.15, 0.2) is 42.5 Å². The van der Waals surface area contributed by atoms with Gasteiger partial charge < -0.3 is 5.32 Å². The van der Waals surface area contributed by atoms with Crippen LogP contribution in [0.1, 0.15) is 24.0 Å². The Morgan fingerprint density at radius 3 is 2.63 bits per heavy atom. The molecule has 2 aromatic carbocycles. The highest BCUT2D eigenvalue weighted by Gasteiger charge is 2.74. The molecule has 2 aromatic rings. The van der Waals surface area contributed by atoms with Gasteiger partial charge in [0.2, 0.25) is 11.8 Å². The van der Waals surface area contributed by atoms with E-state index in [9.17, 15) is 14.4 Å². The highest BCUT2D eigenvalue weighted by molar-refractivity contribution is 6.35. The van der Waals surface area contributed by atoms with E-state index in [1.165, 1.54) is 4.90 Å². The molecule has 3 amide bonds. The van der Waals surface area contributed by atoms with Crippen LogP contribution in [0, 0.1) is 18.8 Å². The Morgan fingerprint density at radius 1 is 1.10 bits per heavy atom. The molecule has 0 saturated carbocycles. The zero-order valence-electron chi connectivity index (χ0n) is 16.4. The van der Waals surface area contributed by atoms with Crippen LogP contribution < -0.4 is 10.2 Å². The molecule has 4 aliphatic heterocycles. The third-order valence-electron chi connectivity index (χ3n) is 7.21. The lowest BCUT2D eigenvalue weighted by Gasteiger charge is -2.36. The van der Waals surface area contributed by atoms with E-state index in [4.69, 9.17) is 11.6 Å². The average Bonchev–Trinajstić information content (AvgIpc) is 3.42. The zero-order valence-corrected chi connectivity index (χ0v) is 17.1. The van der Waals surface area contributed by atoms with E-state index >= 15 is 0 Å². The first-order chi connectivity index (χ1) is 14.5. The number of imide groups is 1. The lowest BCUT2D eigenvalue weighted by Crippen LogP contribution is -2.54. The maximum absolute atomic E-state index is 13.8. The summed E-state index contributed by atoms with van der Waals surface area (Å²) in [5.41, 5.74) is 1.59. The number of hydrogen-bond donors (Lipinski definition) is 1. The van der Waals surface area contributed by atoms with Crippen LogP contribution in [0.2, 0.25) is 5.02 Å². The number of amides is 3. The lowest BCUT2D eigenvalue weighted by molar-refractivity contribution is -0.135.